The van der Waals surface area contributed by atoms with Crippen molar-refractivity contribution in [2.75, 3.05) is 51.6 Å². The van der Waals surface area contributed by atoms with E-state index in [0.717, 1.165) is 34.7 Å². The van der Waals surface area contributed by atoms with E-state index in [1.54, 1.807) is 21.6 Å². The number of hydrogen-bond acceptors (Lipinski definition) is 5. The number of ether oxygens (including phenoxy) is 1. The molecule has 1 aliphatic rings. The zero-order chi connectivity index (χ0) is 24.0. The first-order valence-electron chi connectivity index (χ1n) is 11.5. The topological polar surface area (TPSA) is 53.1 Å². The average Bonchev–Trinajstić information content (AvgIpc) is 2.82. The highest BCUT2D eigenvalue weighted by atomic mass is 32.2. The lowest BCUT2D eigenvalue weighted by molar-refractivity contribution is -0.131. The van der Waals surface area contributed by atoms with E-state index < -0.39 is 4.75 Å². The van der Waals surface area contributed by atoms with Gasteiger partial charge in [0.2, 0.25) is 5.91 Å². The number of benzene rings is 2. The summed E-state index contributed by atoms with van der Waals surface area (Å²) < 4.78 is 5.49. The molecule has 1 heterocycles. The van der Waals surface area contributed by atoms with Crippen LogP contribution in [-0.2, 0) is 11.2 Å². The Morgan fingerprint density at radius 2 is 1.82 bits per heavy atom. The van der Waals surface area contributed by atoms with Gasteiger partial charge >= 0.3 is 0 Å². The Bertz CT molecular complexity index is 964. The van der Waals surface area contributed by atoms with Crippen molar-refractivity contribution < 1.29 is 14.3 Å². The van der Waals surface area contributed by atoms with Crippen molar-refractivity contribution in [1.82, 2.24) is 9.80 Å². The summed E-state index contributed by atoms with van der Waals surface area (Å²) in [6.45, 7) is 5.66. The lowest BCUT2D eigenvalue weighted by atomic mass is 9.94. The summed E-state index contributed by atoms with van der Waals surface area (Å²) >= 11 is 1.72. The van der Waals surface area contributed by atoms with Gasteiger partial charge in [0.05, 0.1) is 29.2 Å². The van der Waals surface area contributed by atoms with Crippen molar-refractivity contribution in [3.63, 3.8) is 0 Å². The highest BCUT2D eigenvalue weighted by Gasteiger charge is 2.38. The zero-order valence-electron chi connectivity index (χ0n) is 20.3. The SMILES string of the molecule is CCSC(CC)(Cc1ccc(OCCN2CN(C)c3ccccc3C2=O)cc1)C(=O)N(C)C. The number of carbonyl (C=O) groups excluding carboxylic acids is 2. The van der Waals surface area contributed by atoms with E-state index >= 15 is 0 Å². The summed E-state index contributed by atoms with van der Waals surface area (Å²) in [5.41, 5.74) is 2.81. The number of hydrogen-bond donors (Lipinski definition) is 0. The minimum absolute atomic E-state index is 0.0394. The van der Waals surface area contributed by atoms with Crippen molar-refractivity contribution in [1.29, 1.82) is 0 Å². The lowest BCUT2D eigenvalue weighted by Gasteiger charge is -2.35. The Balaban J connectivity index is 1.59. The molecule has 6 nitrogen and oxygen atoms in total. The highest BCUT2D eigenvalue weighted by Crippen LogP contribution is 2.35. The molecular formula is C26H35N3O3S. The summed E-state index contributed by atoms with van der Waals surface area (Å²) in [7, 11) is 5.64. The van der Waals surface area contributed by atoms with E-state index in [0.29, 0.717) is 26.2 Å². The summed E-state index contributed by atoms with van der Waals surface area (Å²) in [6.07, 6.45) is 1.47. The van der Waals surface area contributed by atoms with Crippen LogP contribution < -0.4 is 9.64 Å². The Morgan fingerprint density at radius 3 is 2.45 bits per heavy atom. The van der Waals surface area contributed by atoms with Crippen molar-refractivity contribution in [3.05, 3.63) is 59.7 Å². The fourth-order valence-electron chi connectivity index (χ4n) is 4.28. The molecule has 7 heteroatoms. The number of fused-ring (bicyclic) bond motifs is 1. The van der Waals surface area contributed by atoms with Crippen molar-refractivity contribution in [3.8, 4) is 5.75 Å². The molecule has 2 aromatic rings. The molecule has 0 spiro atoms. The van der Waals surface area contributed by atoms with E-state index in [1.165, 1.54) is 0 Å². The lowest BCUT2D eigenvalue weighted by Crippen LogP contribution is -2.46. The van der Waals surface area contributed by atoms with Gasteiger partial charge in [0.25, 0.3) is 5.91 Å². The third-order valence-electron chi connectivity index (χ3n) is 6.05. The maximum absolute atomic E-state index is 12.9. The van der Waals surface area contributed by atoms with Crippen LogP contribution in [0.15, 0.2) is 48.5 Å². The molecule has 0 radical (unpaired) electrons. The summed E-state index contributed by atoms with van der Waals surface area (Å²) in [5.74, 6) is 1.86. The van der Waals surface area contributed by atoms with E-state index in [-0.39, 0.29) is 11.8 Å². The van der Waals surface area contributed by atoms with Crippen LogP contribution in [0.5, 0.6) is 5.75 Å². The molecule has 0 saturated carbocycles. The van der Waals surface area contributed by atoms with Gasteiger partial charge in [0.15, 0.2) is 0 Å². The second-order valence-electron chi connectivity index (χ2n) is 8.57. The molecule has 1 aliphatic heterocycles. The molecule has 0 aliphatic carbocycles. The first-order chi connectivity index (χ1) is 15.8. The van der Waals surface area contributed by atoms with E-state index in [9.17, 15) is 9.59 Å². The molecule has 1 unspecified atom stereocenters. The van der Waals surface area contributed by atoms with Gasteiger partial charge in [-0.3, -0.25) is 9.59 Å². The van der Waals surface area contributed by atoms with Gasteiger partial charge < -0.3 is 19.4 Å². The van der Waals surface area contributed by atoms with Gasteiger partial charge in [-0.25, -0.2) is 0 Å². The maximum atomic E-state index is 12.9. The molecule has 178 valence electrons. The second-order valence-corrected chi connectivity index (χ2v) is 10.2. The van der Waals surface area contributed by atoms with Gasteiger partial charge in [-0.1, -0.05) is 38.1 Å². The van der Waals surface area contributed by atoms with Crippen LogP contribution in [0.25, 0.3) is 0 Å². The van der Waals surface area contributed by atoms with Gasteiger partial charge in [-0.2, -0.15) is 0 Å². The van der Waals surface area contributed by atoms with Gasteiger partial charge in [-0.15, -0.1) is 11.8 Å². The van der Waals surface area contributed by atoms with Crippen LogP contribution in [0, 0.1) is 0 Å². The normalized spacial score (nSPS) is 15.1. The maximum Gasteiger partial charge on any atom is 0.257 e. The van der Waals surface area contributed by atoms with Crippen molar-refractivity contribution in [2.24, 2.45) is 0 Å². The third-order valence-corrected chi connectivity index (χ3v) is 7.50. The molecule has 2 aromatic carbocycles. The Kier molecular flexibility index (Phi) is 8.30. The predicted molar refractivity (Wildman–Crippen MR) is 136 cm³/mol. The molecular weight excluding hydrogens is 434 g/mol. The van der Waals surface area contributed by atoms with Crippen molar-refractivity contribution in [2.45, 2.75) is 31.4 Å². The monoisotopic (exact) mass is 469 g/mol. The van der Waals surface area contributed by atoms with Gasteiger partial charge in [0, 0.05) is 21.1 Å². The molecule has 0 bridgehead atoms. The number of para-hydroxylation sites is 1. The zero-order valence-corrected chi connectivity index (χ0v) is 21.2. The van der Waals surface area contributed by atoms with E-state index in [4.69, 9.17) is 4.74 Å². The number of nitrogens with zero attached hydrogens (tertiary/aromatic N) is 3. The van der Waals surface area contributed by atoms with Crippen LogP contribution in [0.1, 0.15) is 36.2 Å². The average molecular weight is 470 g/mol. The highest BCUT2D eigenvalue weighted by molar-refractivity contribution is 8.01. The van der Waals surface area contributed by atoms with Gasteiger partial charge in [-0.05, 0) is 48.4 Å². The number of thioether (sulfide) groups is 1. The first kappa shape index (κ1) is 25.0. The Labute approximate surface area is 201 Å². The minimum Gasteiger partial charge on any atom is -0.492 e. The summed E-state index contributed by atoms with van der Waals surface area (Å²) in [5, 5.41) is 0. The van der Waals surface area contributed by atoms with Crippen LogP contribution in [0.3, 0.4) is 0 Å². The fourth-order valence-corrected chi connectivity index (χ4v) is 5.62. The Morgan fingerprint density at radius 1 is 1.12 bits per heavy atom. The van der Waals surface area contributed by atoms with Crippen LogP contribution in [0.2, 0.25) is 0 Å². The fraction of sp³-hybridized carbons (Fsp3) is 0.462. The van der Waals surface area contributed by atoms with Crippen LogP contribution in [0.4, 0.5) is 5.69 Å². The van der Waals surface area contributed by atoms with E-state index in [1.807, 2.05) is 69.7 Å². The Hall–Kier alpha value is -2.67. The van der Waals surface area contributed by atoms with Crippen molar-refractivity contribution >= 4 is 29.3 Å². The van der Waals surface area contributed by atoms with E-state index in [2.05, 4.69) is 18.7 Å². The standard InChI is InChI=1S/C26H35N3O3S/c1-6-26(33-7-2,25(31)27(3)4)18-20-12-14-21(15-13-20)32-17-16-29-19-28(5)23-11-9-8-10-22(23)24(29)30/h8-15H,6-7,16-19H2,1-5H3. The van der Waals surface area contributed by atoms with Gasteiger partial charge in [0.1, 0.15) is 12.4 Å². The summed E-state index contributed by atoms with van der Waals surface area (Å²) in [4.78, 5) is 31.3. The molecule has 0 aromatic heterocycles. The molecule has 1 atom stereocenters. The number of rotatable bonds is 10. The number of anilines is 1. The third kappa shape index (κ3) is 5.64. The molecule has 2 amide bonds. The number of amides is 2. The molecule has 0 N–H and O–H groups in total. The molecule has 33 heavy (non-hydrogen) atoms. The largest absolute Gasteiger partial charge is 0.492 e. The van der Waals surface area contributed by atoms with Crippen LogP contribution >= 0.6 is 11.8 Å². The second kappa shape index (κ2) is 11.0. The first-order valence-corrected chi connectivity index (χ1v) is 12.5. The summed E-state index contributed by atoms with van der Waals surface area (Å²) in [6, 6.07) is 15.7. The number of carbonyl (C=O) groups is 2. The molecule has 0 saturated heterocycles. The predicted octanol–water partition coefficient (Wildman–Crippen LogP) is 4.15. The molecule has 3 rings (SSSR count). The minimum atomic E-state index is -0.447. The quantitative estimate of drug-likeness (QED) is 0.523. The van der Waals surface area contributed by atoms with Crippen LogP contribution in [-0.4, -0.2) is 73.1 Å². The molecule has 0 fully saturated rings. The smallest absolute Gasteiger partial charge is 0.257 e.